The van der Waals surface area contributed by atoms with Gasteiger partial charge in [0.15, 0.2) is 0 Å². The highest BCUT2D eigenvalue weighted by atomic mass is 32.1. The fourth-order valence-corrected chi connectivity index (χ4v) is 4.35. The van der Waals surface area contributed by atoms with Gasteiger partial charge in [0.05, 0.1) is 13.7 Å². The van der Waals surface area contributed by atoms with Crippen LogP contribution in [0.15, 0.2) is 47.8 Å². The number of carbonyl (C=O) groups is 2. The molecule has 0 atom stereocenters. The van der Waals surface area contributed by atoms with E-state index >= 15 is 0 Å². The summed E-state index contributed by atoms with van der Waals surface area (Å²) in [4.78, 5) is 31.8. The predicted molar refractivity (Wildman–Crippen MR) is 140 cm³/mol. The Morgan fingerprint density at radius 3 is 2.63 bits per heavy atom. The zero-order valence-electron chi connectivity index (χ0n) is 20.7. The van der Waals surface area contributed by atoms with Gasteiger partial charge in [0.1, 0.15) is 10.8 Å². The molecule has 0 aliphatic heterocycles. The molecule has 0 saturated heterocycles. The summed E-state index contributed by atoms with van der Waals surface area (Å²) in [5.74, 6) is 0.468. The van der Waals surface area contributed by atoms with Gasteiger partial charge in [-0.25, -0.2) is 4.98 Å². The molecule has 0 fully saturated rings. The molecule has 186 valence electrons. The maximum absolute atomic E-state index is 13.0. The van der Waals surface area contributed by atoms with Crippen molar-refractivity contribution in [3.63, 3.8) is 0 Å². The van der Waals surface area contributed by atoms with Crippen molar-refractivity contribution in [1.29, 1.82) is 0 Å². The number of benzene rings is 2. The Bertz CT molecular complexity index is 1150. The van der Waals surface area contributed by atoms with Crippen molar-refractivity contribution in [2.75, 3.05) is 39.6 Å². The lowest BCUT2D eigenvalue weighted by molar-refractivity contribution is 0.0785. The molecule has 3 aromatic rings. The number of hydrogen-bond donors (Lipinski definition) is 3. The number of amides is 2. The van der Waals surface area contributed by atoms with Crippen LogP contribution < -0.4 is 20.7 Å². The van der Waals surface area contributed by atoms with E-state index in [1.807, 2.05) is 36.6 Å². The summed E-state index contributed by atoms with van der Waals surface area (Å²) < 4.78 is 5.24. The first-order chi connectivity index (χ1) is 16.9. The van der Waals surface area contributed by atoms with E-state index in [9.17, 15) is 9.59 Å². The fraction of sp³-hybridized carbons (Fsp3) is 0.346. The average molecular weight is 496 g/mol. The largest absolute Gasteiger partial charge is 0.497 e. The Hall–Kier alpha value is -3.43. The Morgan fingerprint density at radius 1 is 1.11 bits per heavy atom. The van der Waals surface area contributed by atoms with E-state index in [1.165, 1.54) is 11.3 Å². The zero-order valence-corrected chi connectivity index (χ0v) is 21.5. The SMILES string of the molecule is CNc1cc(C(=O)NCCCNCc2cccc(OC)c2)cc(C(=O)N(C)Cc2nc(C)cs2)c1. The number of anilines is 1. The molecule has 0 saturated carbocycles. The number of nitrogens with zero attached hydrogens (tertiary/aromatic N) is 2. The van der Waals surface area contributed by atoms with Gasteiger partial charge in [-0.2, -0.15) is 0 Å². The van der Waals surface area contributed by atoms with Gasteiger partial charge in [0, 0.05) is 55.1 Å². The minimum Gasteiger partial charge on any atom is -0.497 e. The molecule has 0 aliphatic carbocycles. The van der Waals surface area contributed by atoms with E-state index in [4.69, 9.17) is 4.74 Å². The number of rotatable bonds is 12. The fourth-order valence-electron chi connectivity index (χ4n) is 3.53. The Kier molecular flexibility index (Phi) is 9.63. The normalized spacial score (nSPS) is 10.6. The Morgan fingerprint density at radius 2 is 1.91 bits per heavy atom. The molecule has 2 amide bonds. The van der Waals surface area contributed by atoms with Crippen LogP contribution in [0.2, 0.25) is 0 Å². The molecule has 1 aromatic heterocycles. The smallest absolute Gasteiger partial charge is 0.254 e. The highest BCUT2D eigenvalue weighted by Gasteiger charge is 2.17. The zero-order chi connectivity index (χ0) is 25.2. The van der Waals surface area contributed by atoms with Crippen molar-refractivity contribution in [2.24, 2.45) is 0 Å². The molecule has 8 nitrogen and oxygen atoms in total. The molecular formula is C26H33N5O3S. The second-order valence-corrected chi connectivity index (χ2v) is 9.17. The van der Waals surface area contributed by atoms with Crippen molar-refractivity contribution in [3.05, 3.63) is 75.2 Å². The molecule has 9 heteroatoms. The number of carbonyl (C=O) groups excluding carboxylic acids is 2. The van der Waals surface area contributed by atoms with Crippen molar-refractivity contribution < 1.29 is 14.3 Å². The van der Waals surface area contributed by atoms with Gasteiger partial charge in [-0.15, -0.1) is 11.3 Å². The number of ether oxygens (including phenoxy) is 1. The lowest BCUT2D eigenvalue weighted by Crippen LogP contribution is -2.29. The van der Waals surface area contributed by atoms with Crippen LogP contribution in [0.3, 0.4) is 0 Å². The van der Waals surface area contributed by atoms with E-state index in [0.717, 1.165) is 41.5 Å². The van der Waals surface area contributed by atoms with Gasteiger partial charge >= 0.3 is 0 Å². The van der Waals surface area contributed by atoms with E-state index < -0.39 is 0 Å². The van der Waals surface area contributed by atoms with E-state index in [-0.39, 0.29) is 11.8 Å². The molecule has 0 aliphatic rings. The van der Waals surface area contributed by atoms with Gasteiger partial charge in [-0.3, -0.25) is 9.59 Å². The van der Waals surface area contributed by atoms with Crippen LogP contribution in [0.4, 0.5) is 5.69 Å². The van der Waals surface area contributed by atoms with Crippen LogP contribution in [0.1, 0.15) is 43.4 Å². The number of hydrogen-bond acceptors (Lipinski definition) is 7. The highest BCUT2D eigenvalue weighted by Crippen LogP contribution is 2.18. The second kappa shape index (κ2) is 12.9. The third kappa shape index (κ3) is 7.80. The molecule has 0 radical (unpaired) electrons. The molecule has 0 bridgehead atoms. The van der Waals surface area contributed by atoms with Crippen LogP contribution in [-0.4, -0.2) is 56.0 Å². The molecule has 2 aromatic carbocycles. The standard InChI is InChI=1S/C26H33N5O3S/c1-18-17-35-24(30-18)16-31(3)26(33)21-12-20(13-22(14-21)27-2)25(32)29-10-6-9-28-15-19-7-5-8-23(11-19)34-4/h5,7-8,11-14,17,27-28H,6,9-10,15-16H2,1-4H3,(H,29,32). The molecule has 35 heavy (non-hydrogen) atoms. The third-order valence-electron chi connectivity index (χ3n) is 5.40. The number of aryl methyl sites for hydroxylation is 1. The van der Waals surface area contributed by atoms with Crippen LogP contribution in [0.5, 0.6) is 5.75 Å². The maximum Gasteiger partial charge on any atom is 0.254 e. The van der Waals surface area contributed by atoms with E-state index in [1.54, 1.807) is 44.3 Å². The number of thiazole rings is 1. The molecule has 0 unspecified atom stereocenters. The van der Waals surface area contributed by atoms with Crippen LogP contribution in [0, 0.1) is 6.92 Å². The molecular weight excluding hydrogens is 462 g/mol. The summed E-state index contributed by atoms with van der Waals surface area (Å²) in [6.07, 6.45) is 0.781. The van der Waals surface area contributed by atoms with Gasteiger partial charge < -0.3 is 25.6 Å². The summed E-state index contributed by atoms with van der Waals surface area (Å²) in [6, 6.07) is 13.1. The minimum absolute atomic E-state index is 0.161. The lowest BCUT2D eigenvalue weighted by Gasteiger charge is -2.17. The van der Waals surface area contributed by atoms with Crippen molar-refractivity contribution in [3.8, 4) is 5.75 Å². The van der Waals surface area contributed by atoms with Crippen molar-refractivity contribution in [1.82, 2.24) is 20.5 Å². The number of aromatic nitrogens is 1. The van der Waals surface area contributed by atoms with Crippen LogP contribution in [0.25, 0.3) is 0 Å². The average Bonchev–Trinajstić information content (AvgIpc) is 3.29. The molecule has 1 heterocycles. The van der Waals surface area contributed by atoms with E-state index in [0.29, 0.717) is 29.9 Å². The van der Waals surface area contributed by atoms with Crippen molar-refractivity contribution in [2.45, 2.75) is 26.4 Å². The number of nitrogens with one attached hydrogen (secondary N) is 3. The molecule has 3 rings (SSSR count). The first-order valence-electron chi connectivity index (χ1n) is 11.5. The highest BCUT2D eigenvalue weighted by molar-refractivity contribution is 7.09. The molecule has 0 spiro atoms. The lowest BCUT2D eigenvalue weighted by atomic mass is 10.1. The number of methoxy groups -OCH3 is 1. The van der Waals surface area contributed by atoms with Crippen LogP contribution in [-0.2, 0) is 13.1 Å². The topological polar surface area (TPSA) is 95.6 Å². The predicted octanol–water partition coefficient (Wildman–Crippen LogP) is 3.68. The quantitative estimate of drug-likeness (QED) is 0.332. The Balaban J connectivity index is 1.51. The first kappa shape index (κ1) is 26.2. The third-order valence-corrected chi connectivity index (χ3v) is 6.35. The molecule has 3 N–H and O–H groups in total. The van der Waals surface area contributed by atoms with Gasteiger partial charge in [-0.1, -0.05) is 12.1 Å². The summed E-state index contributed by atoms with van der Waals surface area (Å²) in [6.45, 7) is 4.37. The Labute approximate surface area is 210 Å². The summed E-state index contributed by atoms with van der Waals surface area (Å²) in [5.41, 5.74) is 3.70. The minimum atomic E-state index is -0.206. The first-order valence-corrected chi connectivity index (χ1v) is 12.4. The van der Waals surface area contributed by atoms with Crippen molar-refractivity contribution >= 4 is 28.8 Å². The van der Waals surface area contributed by atoms with Gasteiger partial charge in [-0.05, 0) is 55.8 Å². The van der Waals surface area contributed by atoms with Gasteiger partial charge in [0.25, 0.3) is 11.8 Å². The second-order valence-electron chi connectivity index (χ2n) is 8.23. The maximum atomic E-state index is 13.0. The summed E-state index contributed by atoms with van der Waals surface area (Å²) in [7, 11) is 5.16. The monoisotopic (exact) mass is 495 g/mol. The van der Waals surface area contributed by atoms with E-state index in [2.05, 4.69) is 20.9 Å². The van der Waals surface area contributed by atoms with Gasteiger partial charge in [0.2, 0.25) is 0 Å². The van der Waals surface area contributed by atoms with Crippen LogP contribution >= 0.6 is 11.3 Å². The summed E-state index contributed by atoms with van der Waals surface area (Å²) >= 11 is 1.53. The summed E-state index contributed by atoms with van der Waals surface area (Å²) in [5, 5.41) is 12.2.